The van der Waals surface area contributed by atoms with E-state index in [1.54, 1.807) is 0 Å². The van der Waals surface area contributed by atoms with Gasteiger partial charge in [0.15, 0.2) is 0 Å². The van der Waals surface area contributed by atoms with Gasteiger partial charge in [0.1, 0.15) is 0 Å². The van der Waals surface area contributed by atoms with Crippen molar-refractivity contribution in [3.63, 3.8) is 0 Å². The normalized spacial score (nSPS) is 11.2. The Kier molecular flexibility index (Phi) is 4.51. The molecule has 0 saturated heterocycles. The molecule has 0 radical (unpaired) electrons. The second-order valence-corrected chi connectivity index (χ2v) is 3.64. The molecule has 0 rings (SSSR count). The molecule has 0 aromatic rings. The number of carbonyl (C=O) groups is 1. The number of hydrogen-bond donors (Lipinski definition) is 0. The lowest BCUT2D eigenvalue weighted by atomic mass is 10.8. The molecule has 0 unspecified atom stereocenters. The van der Waals surface area contributed by atoms with Crippen molar-refractivity contribution >= 4 is 27.3 Å². The highest BCUT2D eigenvalue weighted by Gasteiger charge is 2.24. The molecule has 0 saturated carbocycles. The summed E-state index contributed by atoms with van der Waals surface area (Å²) in [5, 5.41) is -1.06. The predicted octanol–water partition coefficient (Wildman–Crippen LogP) is 0.948. The molecule has 0 aliphatic rings. The van der Waals surface area contributed by atoms with Crippen molar-refractivity contribution in [2.24, 2.45) is 0 Å². The summed E-state index contributed by atoms with van der Waals surface area (Å²) in [4.78, 5) is 10.5. The third-order valence-corrected chi connectivity index (χ3v) is 2.82. The van der Waals surface area contributed by atoms with Gasteiger partial charge in [0.2, 0.25) is 0 Å². The second-order valence-electron chi connectivity index (χ2n) is 1.78. The van der Waals surface area contributed by atoms with Gasteiger partial charge in [-0.25, -0.2) is 4.31 Å². The first-order chi connectivity index (χ1) is 5.45. The maximum Gasteiger partial charge on any atom is 0.365 e. The zero-order valence-electron chi connectivity index (χ0n) is 6.78. The molecule has 5 nitrogen and oxygen atoms in total. The van der Waals surface area contributed by atoms with E-state index in [0.717, 1.165) is 0 Å². The van der Waals surface area contributed by atoms with Crippen LogP contribution in [0.25, 0.3) is 0 Å². The number of halogens is 1. The van der Waals surface area contributed by atoms with Gasteiger partial charge in [0, 0.05) is 6.54 Å². The standard InChI is InChI=1S/C5H10ClNO4S/c1-3-7(5(6)8)12(9,10)11-4-2/h3-4H2,1-2H3. The fourth-order valence-corrected chi connectivity index (χ4v) is 1.87. The molecule has 0 N–H and O–H groups in total. The van der Waals surface area contributed by atoms with Crippen LogP contribution in [0, 0.1) is 0 Å². The Labute approximate surface area is 76.5 Å². The Bertz CT molecular complexity index is 250. The molecule has 12 heavy (non-hydrogen) atoms. The van der Waals surface area contributed by atoms with Gasteiger partial charge < -0.3 is 0 Å². The molecule has 0 aliphatic carbocycles. The number of hydrogen-bond acceptors (Lipinski definition) is 4. The Hall–Kier alpha value is -0.330. The molecule has 0 aromatic carbocycles. The quantitative estimate of drug-likeness (QED) is 0.517. The summed E-state index contributed by atoms with van der Waals surface area (Å²) in [7, 11) is -3.97. The van der Waals surface area contributed by atoms with Crippen LogP contribution >= 0.6 is 11.6 Å². The van der Waals surface area contributed by atoms with E-state index in [4.69, 9.17) is 11.6 Å². The Morgan fingerprint density at radius 3 is 2.25 bits per heavy atom. The minimum atomic E-state index is -3.97. The fraction of sp³-hybridized carbons (Fsp3) is 0.800. The van der Waals surface area contributed by atoms with Gasteiger partial charge in [-0.05, 0) is 25.4 Å². The van der Waals surface area contributed by atoms with Gasteiger partial charge in [-0.3, -0.25) is 8.98 Å². The molecule has 0 fully saturated rings. The summed E-state index contributed by atoms with van der Waals surface area (Å²) < 4.78 is 26.8. The molecule has 0 aliphatic heterocycles. The molecule has 72 valence electrons. The van der Waals surface area contributed by atoms with E-state index in [1.807, 2.05) is 0 Å². The maximum absolute atomic E-state index is 11.0. The monoisotopic (exact) mass is 215 g/mol. The highest BCUT2D eigenvalue weighted by molar-refractivity contribution is 7.85. The van der Waals surface area contributed by atoms with Crippen LogP contribution in [0.2, 0.25) is 0 Å². The molecule has 0 bridgehead atoms. The van der Waals surface area contributed by atoms with Crippen LogP contribution in [0.5, 0.6) is 0 Å². The van der Waals surface area contributed by atoms with Crippen LogP contribution in [0.1, 0.15) is 13.8 Å². The molecule has 0 aromatic heterocycles. The third-order valence-electron chi connectivity index (χ3n) is 1.02. The highest BCUT2D eigenvalue weighted by atomic mass is 35.5. The van der Waals surface area contributed by atoms with E-state index >= 15 is 0 Å². The highest BCUT2D eigenvalue weighted by Crippen LogP contribution is 2.06. The summed E-state index contributed by atoms with van der Waals surface area (Å²) in [6.45, 7) is 2.93. The number of carbonyl (C=O) groups excluding carboxylic acids is 1. The van der Waals surface area contributed by atoms with Crippen molar-refractivity contribution in [3.05, 3.63) is 0 Å². The summed E-state index contributed by atoms with van der Waals surface area (Å²) in [6, 6.07) is 0. The fourth-order valence-electron chi connectivity index (χ4n) is 0.583. The van der Waals surface area contributed by atoms with Crippen LogP contribution < -0.4 is 0 Å². The molecule has 0 spiro atoms. The van der Waals surface area contributed by atoms with Crippen molar-refractivity contribution < 1.29 is 17.4 Å². The van der Waals surface area contributed by atoms with E-state index in [0.29, 0.717) is 4.31 Å². The first-order valence-corrected chi connectivity index (χ1v) is 5.06. The number of rotatable bonds is 4. The van der Waals surface area contributed by atoms with E-state index in [-0.39, 0.29) is 13.2 Å². The van der Waals surface area contributed by atoms with Gasteiger partial charge in [0.25, 0.3) is 0 Å². The Balaban J connectivity index is 4.61. The Morgan fingerprint density at radius 1 is 1.50 bits per heavy atom. The lowest BCUT2D eigenvalue weighted by Crippen LogP contribution is -2.34. The minimum Gasteiger partial charge on any atom is -0.254 e. The number of amides is 1. The van der Waals surface area contributed by atoms with Crippen molar-refractivity contribution in [1.82, 2.24) is 4.31 Å². The third kappa shape index (κ3) is 2.96. The number of nitrogens with zero attached hydrogens (tertiary/aromatic N) is 1. The second kappa shape index (κ2) is 4.64. The average Bonchev–Trinajstić information content (AvgIpc) is 1.86. The molecule has 7 heteroatoms. The first kappa shape index (κ1) is 11.7. The molecular formula is C5H10ClNO4S. The van der Waals surface area contributed by atoms with E-state index < -0.39 is 15.7 Å². The Morgan fingerprint density at radius 2 is 2.00 bits per heavy atom. The van der Waals surface area contributed by atoms with Crippen LogP contribution in [0.3, 0.4) is 0 Å². The van der Waals surface area contributed by atoms with E-state index in [9.17, 15) is 13.2 Å². The summed E-state index contributed by atoms with van der Waals surface area (Å²) >= 11 is 4.99. The zero-order chi connectivity index (χ0) is 9.78. The van der Waals surface area contributed by atoms with Gasteiger partial charge >= 0.3 is 15.7 Å². The smallest absolute Gasteiger partial charge is 0.254 e. The topological polar surface area (TPSA) is 63.7 Å². The summed E-state index contributed by atoms with van der Waals surface area (Å²) in [5.41, 5.74) is 0. The van der Waals surface area contributed by atoms with Crippen LogP contribution in [0.4, 0.5) is 4.79 Å². The molecule has 0 heterocycles. The predicted molar refractivity (Wildman–Crippen MR) is 44.2 cm³/mol. The molecule has 1 amide bonds. The minimum absolute atomic E-state index is 0.0248. The zero-order valence-corrected chi connectivity index (χ0v) is 8.35. The summed E-state index contributed by atoms with van der Waals surface area (Å²) in [5.74, 6) is 0. The van der Waals surface area contributed by atoms with Crippen LogP contribution in [-0.4, -0.2) is 31.2 Å². The lowest BCUT2D eigenvalue weighted by molar-refractivity contribution is 0.236. The lowest BCUT2D eigenvalue weighted by Gasteiger charge is -2.15. The SMILES string of the molecule is CCOS(=O)(=O)N(CC)C(=O)Cl. The van der Waals surface area contributed by atoms with Crippen LogP contribution in [0.15, 0.2) is 0 Å². The van der Waals surface area contributed by atoms with Crippen LogP contribution in [-0.2, 0) is 14.5 Å². The molecule has 0 atom stereocenters. The van der Waals surface area contributed by atoms with Gasteiger partial charge in [-0.2, -0.15) is 8.42 Å². The van der Waals surface area contributed by atoms with Crippen molar-refractivity contribution in [3.8, 4) is 0 Å². The van der Waals surface area contributed by atoms with E-state index in [1.165, 1.54) is 13.8 Å². The van der Waals surface area contributed by atoms with Crippen molar-refractivity contribution in [2.75, 3.05) is 13.2 Å². The molecular weight excluding hydrogens is 206 g/mol. The van der Waals surface area contributed by atoms with Crippen molar-refractivity contribution in [1.29, 1.82) is 0 Å². The van der Waals surface area contributed by atoms with Gasteiger partial charge in [-0.15, -0.1) is 0 Å². The largest absolute Gasteiger partial charge is 0.365 e. The van der Waals surface area contributed by atoms with Gasteiger partial charge in [-0.1, -0.05) is 0 Å². The average molecular weight is 216 g/mol. The maximum atomic E-state index is 11.0. The van der Waals surface area contributed by atoms with E-state index in [2.05, 4.69) is 4.18 Å². The van der Waals surface area contributed by atoms with Crippen molar-refractivity contribution in [2.45, 2.75) is 13.8 Å². The summed E-state index contributed by atoms with van der Waals surface area (Å²) in [6.07, 6.45) is 0. The first-order valence-electron chi connectivity index (χ1n) is 3.32. The van der Waals surface area contributed by atoms with Gasteiger partial charge in [0.05, 0.1) is 6.61 Å².